The second kappa shape index (κ2) is 4.50. The van der Waals surface area contributed by atoms with E-state index >= 15 is 0 Å². The van der Waals surface area contributed by atoms with Crippen LogP contribution in [0.5, 0.6) is 0 Å². The second-order valence-electron chi connectivity index (χ2n) is 4.30. The quantitative estimate of drug-likeness (QED) is 0.715. The number of carboxylic acid groups (broad SMARTS) is 1. The molecule has 2 rings (SSSR count). The average Bonchev–Trinajstić information content (AvgIpc) is 2.23. The summed E-state index contributed by atoms with van der Waals surface area (Å²) < 4.78 is 0. The molecule has 3 N–H and O–H groups in total. The normalized spacial score (nSPS) is 17.3. The van der Waals surface area contributed by atoms with Crippen LogP contribution in [0.4, 0.5) is 5.82 Å². The third kappa shape index (κ3) is 2.87. The number of carboxylic acids is 1. The largest absolute Gasteiger partial charge is 0.478 e. The van der Waals surface area contributed by atoms with E-state index in [4.69, 9.17) is 16.7 Å². The van der Waals surface area contributed by atoms with E-state index in [0.717, 1.165) is 19.3 Å². The van der Waals surface area contributed by atoms with Crippen LogP contribution < -0.4 is 5.32 Å². The summed E-state index contributed by atoms with van der Waals surface area (Å²) in [5.74, 6) is -0.685. The van der Waals surface area contributed by atoms with E-state index in [0.29, 0.717) is 12.4 Å². The molecule has 1 fully saturated rings. The molecule has 0 unspecified atom stereocenters. The molecule has 0 radical (unpaired) electrons. The van der Waals surface area contributed by atoms with Gasteiger partial charge in [0.2, 0.25) is 0 Å². The van der Waals surface area contributed by atoms with Gasteiger partial charge in [0.1, 0.15) is 11.0 Å². The predicted molar refractivity (Wildman–Crippen MR) is 63.5 cm³/mol. The van der Waals surface area contributed by atoms with Crippen LogP contribution in [0.2, 0.25) is 5.15 Å². The highest BCUT2D eigenvalue weighted by molar-refractivity contribution is 6.29. The summed E-state index contributed by atoms with van der Waals surface area (Å²) >= 11 is 5.71. The van der Waals surface area contributed by atoms with Crippen LogP contribution in [0.3, 0.4) is 0 Å². The van der Waals surface area contributed by atoms with Crippen molar-refractivity contribution in [3.63, 3.8) is 0 Å². The van der Waals surface area contributed by atoms with Crippen molar-refractivity contribution in [2.45, 2.75) is 24.9 Å². The molecule has 1 aromatic rings. The number of aromatic nitrogens is 1. The van der Waals surface area contributed by atoms with Crippen molar-refractivity contribution in [1.82, 2.24) is 4.98 Å². The molecule has 0 spiro atoms. The first-order chi connectivity index (χ1) is 7.98. The van der Waals surface area contributed by atoms with E-state index < -0.39 is 11.6 Å². The summed E-state index contributed by atoms with van der Waals surface area (Å²) in [7, 11) is 0. The van der Waals surface area contributed by atoms with Crippen LogP contribution in [0, 0.1) is 0 Å². The summed E-state index contributed by atoms with van der Waals surface area (Å²) in [5, 5.41) is 21.8. The number of aliphatic hydroxyl groups is 1. The number of pyridine rings is 1. The third-order valence-corrected chi connectivity index (χ3v) is 3.12. The number of aromatic carboxylic acids is 1. The fourth-order valence-electron chi connectivity index (χ4n) is 1.73. The Hall–Kier alpha value is -1.33. The molecule has 0 amide bonds. The van der Waals surface area contributed by atoms with Gasteiger partial charge in [0.05, 0.1) is 11.2 Å². The van der Waals surface area contributed by atoms with Gasteiger partial charge >= 0.3 is 5.97 Å². The molecule has 1 aromatic heterocycles. The standard InChI is InChI=1S/C11H13ClN2O3/c12-8-4-7(10(15)16)5-9(14-8)13-6-11(17)2-1-3-11/h4-5,17H,1-3,6H2,(H,13,14)(H,15,16). The molecule has 1 aliphatic carbocycles. The number of nitrogens with zero attached hydrogens (tertiary/aromatic N) is 1. The molecule has 0 saturated heterocycles. The Balaban J connectivity index is 2.07. The predicted octanol–water partition coefficient (Wildman–Crippen LogP) is 1.76. The summed E-state index contributed by atoms with van der Waals surface area (Å²) in [6.45, 7) is 0.361. The molecule has 0 aliphatic heterocycles. The number of hydrogen-bond acceptors (Lipinski definition) is 4. The number of rotatable bonds is 4. The molecule has 0 atom stereocenters. The summed E-state index contributed by atoms with van der Waals surface area (Å²) in [5.41, 5.74) is -0.610. The fourth-order valence-corrected chi connectivity index (χ4v) is 1.94. The Kier molecular flexibility index (Phi) is 3.22. The highest BCUT2D eigenvalue weighted by atomic mass is 35.5. The topological polar surface area (TPSA) is 82.5 Å². The van der Waals surface area contributed by atoms with Crippen molar-refractivity contribution in [3.05, 3.63) is 22.8 Å². The van der Waals surface area contributed by atoms with Gasteiger partial charge in [-0.25, -0.2) is 9.78 Å². The van der Waals surface area contributed by atoms with E-state index in [1.54, 1.807) is 0 Å². The molecule has 1 saturated carbocycles. The van der Waals surface area contributed by atoms with Crippen LogP contribution in [-0.4, -0.2) is 33.3 Å². The van der Waals surface area contributed by atoms with Crippen molar-refractivity contribution in [3.8, 4) is 0 Å². The molecule has 5 nitrogen and oxygen atoms in total. The molecule has 92 valence electrons. The minimum Gasteiger partial charge on any atom is -0.478 e. The van der Waals surface area contributed by atoms with E-state index in [1.807, 2.05) is 0 Å². The second-order valence-corrected chi connectivity index (χ2v) is 4.69. The molecular weight excluding hydrogens is 244 g/mol. The van der Waals surface area contributed by atoms with Crippen LogP contribution in [-0.2, 0) is 0 Å². The summed E-state index contributed by atoms with van der Waals surface area (Å²) in [6, 6.07) is 2.68. The lowest BCUT2D eigenvalue weighted by molar-refractivity contribution is -0.0202. The van der Waals surface area contributed by atoms with Crippen molar-refractivity contribution in [2.24, 2.45) is 0 Å². The zero-order chi connectivity index (χ0) is 12.5. The van der Waals surface area contributed by atoms with Gasteiger partial charge in [-0.3, -0.25) is 0 Å². The lowest BCUT2D eigenvalue weighted by Gasteiger charge is -2.36. The Labute approximate surface area is 103 Å². The fraction of sp³-hybridized carbons (Fsp3) is 0.455. The Morgan fingerprint density at radius 2 is 2.24 bits per heavy atom. The van der Waals surface area contributed by atoms with Gasteiger partial charge in [-0.05, 0) is 31.4 Å². The summed E-state index contributed by atoms with van der Waals surface area (Å²) in [6.07, 6.45) is 2.53. The van der Waals surface area contributed by atoms with Crippen LogP contribution >= 0.6 is 11.6 Å². The molecule has 6 heteroatoms. The number of nitrogens with one attached hydrogen (secondary N) is 1. The highest BCUT2D eigenvalue weighted by Crippen LogP contribution is 2.31. The number of hydrogen-bond donors (Lipinski definition) is 3. The SMILES string of the molecule is O=C(O)c1cc(Cl)nc(NCC2(O)CCC2)c1. The van der Waals surface area contributed by atoms with Gasteiger partial charge in [0, 0.05) is 6.54 Å². The van der Waals surface area contributed by atoms with E-state index in [-0.39, 0.29) is 10.7 Å². The third-order valence-electron chi connectivity index (χ3n) is 2.92. The van der Waals surface area contributed by atoms with Crippen LogP contribution in [0.1, 0.15) is 29.6 Å². The highest BCUT2D eigenvalue weighted by Gasteiger charge is 2.34. The van der Waals surface area contributed by atoms with E-state index in [2.05, 4.69) is 10.3 Å². The molecule has 0 aromatic carbocycles. The minimum atomic E-state index is -1.06. The first-order valence-electron chi connectivity index (χ1n) is 5.36. The molecule has 0 bridgehead atoms. The van der Waals surface area contributed by atoms with Crippen molar-refractivity contribution in [1.29, 1.82) is 0 Å². The van der Waals surface area contributed by atoms with E-state index in [9.17, 15) is 9.90 Å². The lowest BCUT2D eigenvalue weighted by Crippen LogP contribution is -2.43. The van der Waals surface area contributed by atoms with E-state index in [1.165, 1.54) is 12.1 Å². The van der Waals surface area contributed by atoms with Crippen LogP contribution in [0.15, 0.2) is 12.1 Å². The number of carbonyl (C=O) groups is 1. The smallest absolute Gasteiger partial charge is 0.335 e. The van der Waals surface area contributed by atoms with Crippen molar-refractivity contribution in [2.75, 3.05) is 11.9 Å². The molecule has 17 heavy (non-hydrogen) atoms. The van der Waals surface area contributed by atoms with Crippen molar-refractivity contribution < 1.29 is 15.0 Å². The van der Waals surface area contributed by atoms with Gasteiger partial charge in [0.25, 0.3) is 0 Å². The first kappa shape index (κ1) is 12.1. The Bertz CT molecular complexity index is 446. The molecule has 1 heterocycles. The molecular formula is C11H13ClN2O3. The first-order valence-corrected chi connectivity index (χ1v) is 5.73. The zero-order valence-electron chi connectivity index (χ0n) is 9.11. The lowest BCUT2D eigenvalue weighted by atomic mass is 9.80. The van der Waals surface area contributed by atoms with Gasteiger partial charge in [-0.2, -0.15) is 0 Å². The Morgan fingerprint density at radius 1 is 1.53 bits per heavy atom. The van der Waals surface area contributed by atoms with Crippen LogP contribution in [0.25, 0.3) is 0 Å². The maximum absolute atomic E-state index is 10.8. The number of anilines is 1. The zero-order valence-corrected chi connectivity index (χ0v) is 9.87. The summed E-state index contributed by atoms with van der Waals surface area (Å²) in [4.78, 5) is 14.8. The molecule has 1 aliphatic rings. The van der Waals surface area contributed by atoms with Gasteiger partial charge in [-0.1, -0.05) is 11.6 Å². The number of halogens is 1. The maximum Gasteiger partial charge on any atom is 0.335 e. The average molecular weight is 257 g/mol. The maximum atomic E-state index is 10.8. The van der Waals surface area contributed by atoms with Gasteiger partial charge < -0.3 is 15.5 Å². The van der Waals surface area contributed by atoms with Gasteiger partial charge in [-0.15, -0.1) is 0 Å². The van der Waals surface area contributed by atoms with Gasteiger partial charge in [0.15, 0.2) is 0 Å². The Morgan fingerprint density at radius 3 is 2.76 bits per heavy atom. The monoisotopic (exact) mass is 256 g/mol. The van der Waals surface area contributed by atoms with Crippen molar-refractivity contribution >= 4 is 23.4 Å². The minimum absolute atomic E-state index is 0.0769.